The largest absolute Gasteiger partial charge is 0.493 e. The molecule has 30 heavy (non-hydrogen) atoms. The Morgan fingerprint density at radius 1 is 1.30 bits per heavy atom. The molecule has 0 saturated carbocycles. The summed E-state index contributed by atoms with van der Waals surface area (Å²) in [5.41, 5.74) is 7.38. The average molecular weight is 426 g/mol. The number of nitrogens with two attached hydrogens (primary N) is 1. The zero-order chi connectivity index (χ0) is 21.7. The van der Waals surface area contributed by atoms with Crippen LogP contribution in [0.3, 0.4) is 0 Å². The highest BCUT2D eigenvalue weighted by Crippen LogP contribution is 2.38. The number of ether oxygens (including phenoxy) is 2. The first kappa shape index (κ1) is 21.4. The van der Waals surface area contributed by atoms with Gasteiger partial charge in [-0.25, -0.2) is 0 Å². The van der Waals surface area contributed by atoms with Gasteiger partial charge in [-0.3, -0.25) is 9.59 Å². The quantitative estimate of drug-likeness (QED) is 0.519. The van der Waals surface area contributed by atoms with E-state index < -0.39 is 11.8 Å². The van der Waals surface area contributed by atoms with Crippen LogP contribution in [0, 0.1) is 11.3 Å². The summed E-state index contributed by atoms with van der Waals surface area (Å²) in [6.07, 6.45) is 5.13. The number of hydrogen-bond acceptors (Lipinski definition) is 6. The normalized spacial score (nSPS) is 13.2. The zero-order valence-electron chi connectivity index (χ0n) is 16.9. The van der Waals surface area contributed by atoms with Crippen LogP contribution in [-0.4, -0.2) is 25.5 Å². The van der Waals surface area contributed by atoms with E-state index in [-0.39, 0.29) is 5.57 Å². The van der Waals surface area contributed by atoms with Gasteiger partial charge in [0.1, 0.15) is 16.6 Å². The van der Waals surface area contributed by atoms with Crippen LogP contribution in [0.15, 0.2) is 23.8 Å². The van der Waals surface area contributed by atoms with Crippen molar-refractivity contribution in [1.29, 1.82) is 5.26 Å². The van der Waals surface area contributed by atoms with Gasteiger partial charge in [-0.2, -0.15) is 5.26 Å². The number of primary amides is 1. The first-order valence-electron chi connectivity index (χ1n) is 9.66. The van der Waals surface area contributed by atoms with E-state index in [4.69, 9.17) is 15.2 Å². The fraction of sp³-hybridized carbons (Fsp3) is 0.318. The van der Waals surface area contributed by atoms with E-state index in [1.54, 1.807) is 18.2 Å². The fourth-order valence-corrected chi connectivity index (χ4v) is 4.74. The molecule has 156 valence electrons. The minimum absolute atomic E-state index is 0.0944. The molecule has 0 atom stereocenters. The lowest BCUT2D eigenvalue weighted by Crippen LogP contribution is -2.19. The van der Waals surface area contributed by atoms with Gasteiger partial charge in [0.2, 0.25) is 0 Å². The number of rotatable bonds is 7. The van der Waals surface area contributed by atoms with Gasteiger partial charge in [0.05, 0.1) is 19.3 Å². The first-order chi connectivity index (χ1) is 14.5. The average Bonchev–Trinajstić information content (AvgIpc) is 3.10. The number of nitrogens with zero attached hydrogens (tertiary/aromatic N) is 1. The number of aryl methyl sites for hydroxylation is 1. The maximum atomic E-state index is 12.8. The molecule has 2 aromatic rings. The van der Waals surface area contributed by atoms with E-state index in [0.717, 1.165) is 36.1 Å². The summed E-state index contributed by atoms with van der Waals surface area (Å²) in [7, 11) is 1.52. The SMILES string of the molecule is CCOc1ccc(/C=C(\C#N)C(=O)Nc2sc3c(c2C(N)=O)CCCC3)cc1OC. The van der Waals surface area contributed by atoms with Crippen LogP contribution >= 0.6 is 11.3 Å². The summed E-state index contributed by atoms with van der Waals surface area (Å²) in [5.74, 6) is -0.0736. The van der Waals surface area contributed by atoms with Gasteiger partial charge in [-0.15, -0.1) is 11.3 Å². The van der Waals surface area contributed by atoms with Crippen LogP contribution in [0.1, 0.15) is 46.1 Å². The third-order valence-electron chi connectivity index (χ3n) is 4.81. The van der Waals surface area contributed by atoms with Gasteiger partial charge in [0.25, 0.3) is 11.8 Å². The van der Waals surface area contributed by atoms with Crippen LogP contribution in [0.5, 0.6) is 11.5 Å². The summed E-state index contributed by atoms with van der Waals surface area (Å²) < 4.78 is 10.8. The van der Waals surface area contributed by atoms with Gasteiger partial charge in [0.15, 0.2) is 11.5 Å². The summed E-state index contributed by atoms with van der Waals surface area (Å²) >= 11 is 1.36. The second-order valence-corrected chi connectivity index (χ2v) is 7.85. The van der Waals surface area contributed by atoms with Crippen molar-refractivity contribution in [2.24, 2.45) is 5.73 Å². The highest BCUT2D eigenvalue weighted by atomic mass is 32.1. The first-order valence-corrected chi connectivity index (χ1v) is 10.5. The molecule has 8 heteroatoms. The number of carbonyl (C=O) groups is 2. The van der Waals surface area contributed by atoms with E-state index in [9.17, 15) is 14.9 Å². The van der Waals surface area contributed by atoms with Crippen LogP contribution in [0.4, 0.5) is 5.00 Å². The predicted octanol–water partition coefficient (Wildman–Crippen LogP) is 3.68. The summed E-state index contributed by atoms with van der Waals surface area (Å²) in [6.45, 7) is 2.36. The third kappa shape index (κ3) is 4.47. The Balaban J connectivity index is 1.88. The number of carbonyl (C=O) groups excluding carboxylic acids is 2. The molecule has 3 N–H and O–H groups in total. The van der Waals surface area contributed by atoms with Crippen molar-refractivity contribution in [1.82, 2.24) is 0 Å². The smallest absolute Gasteiger partial charge is 0.266 e. The standard InChI is InChI=1S/C22H23N3O4S/c1-3-29-16-9-8-13(11-17(16)28-2)10-14(12-23)21(27)25-22-19(20(24)26)15-6-4-5-7-18(15)30-22/h8-11H,3-7H2,1-2H3,(H2,24,26)(H,25,27)/b14-10+. The lowest BCUT2D eigenvalue weighted by molar-refractivity contribution is -0.112. The van der Waals surface area contributed by atoms with Crippen molar-refractivity contribution < 1.29 is 19.1 Å². The van der Waals surface area contributed by atoms with Gasteiger partial charge in [-0.05, 0) is 61.9 Å². The van der Waals surface area contributed by atoms with Crippen LogP contribution in [0.2, 0.25) is 0 Å². The molecule has 1 aliphatic carbocycles. The number of methoxy groups -OCH3 is 1. The molecule has 1 heterocycles. The molecule has 7 nitrogen and oxygen atoms in total. The summed E-state index contributed by atoms with van der Waals surface area (Å²) in [5, 5.41) is 12.6. The topological polar surface area (TPSA) is 114 Å². The van der Waals surface area contributed by atoms with Crippen molar-refractivity contribution in [3.8, 4) is 17.6 Å². The maximum absolute atomic E-state index is 12.8. The molecule has 2 amide bonds. The van der Waals surface area contributed by atoms with Crippen molar-refractivity contribution in [2.45, 2.75) is 32.6 Å². The highest BCUT2D eigenvalue weighted by Gasteiger charge is 2.25. The lowest BCUT2D eigenvalue weighted by atomic mass is 9.95. The molecule has 0 saturated heterocycles. The molecule has 0 radical (unpaired) electrons. The van der Waals surface area contributed by atoms with E-state index >= 15 is 0 Å². The number of nitrogens with one attached hydrogen (secondary N) is 1. The van der Waals surface area contributed by atoms with E-state index in [2.05, 4.69) is 5.32 Å². The van der Waals surface area contributed by atoms with E-state index in [0.29, 0.717) is 34.2 Å². The molecular weight excluding hydrogens is 402 g/mol. The molecular formula is C22H23N3O4S. The van der Waals surface area contributed by atoms with Crippen molar-refractivity contribution in [3.63, 3.8) is 0 Å². The molecule has 1 aromatic carbocycles. The molecule has 1 aromatic heterocycles. The van der Waals surface area contributed by atoms with Crippen LogP contribution in [0.25, 0.3) is 6.08 Å². The highest BCUT2D eigenvalue weighted by molar-refractivity contribution is 7.17. The van der Waals surface area contributed by atoms with Gasteiger partial charge in [-0.1, -0.05) is 6.07 Å². The van der Waals surface area contributed by atoms with Crippen LogP contribution < -0.4 is 20.5 Å². The Bertz CT molecular complexity index is 1050. The second-order valence-electron chi connectivity index (χ2n) is 6.75. The molecule has 0 spiro atoms. The number of hydrogen-bond donors (Lipinski definition) is 2. The third-order valence-corrected chi connectivity index (χ3v) is 6.02. The summed E-state index contributed by atoms with van der Waals surface area (Å²) in [4.78, 5) is 25.8. The van der Waals surface area contributed by atoms with Crippen LogP contribution in [-0.2, 0) is 17.6 Å². The maximum Gasteiger partial charge on any atom is 0.266 e. The number of amides is 2. The Labute approximate surface area is 179 Å². The molecule has 3 rings (SSSR count). The van der Waals surface area contributed by atoms with Crippen molar-refractivity contribution >= 4 is 34.2 Å². The van der Waals surface area contributed by atoms with Crippen molar-refractivity contribution in [2.75, 3.05) is 19.0 Å². The Morgan fingerprint density at radius 2 is 2.07 bits per heavy atom. The predicted molar refractivity (Wildman–Crippen MR) is 116 cm³/mol. The number of fused-ring (bicyclic) bond motifs is 1. The Kier molecular flexibility index (Phi) is 6.75. The number of nitriles is 1. The second kappa shape index (κ2) is 9.46. The number of anilines is 1. The zero-order valence-corrected chi connectivity index (χ0v) is 17.7. The molecule has 0 bridgehead atoms. The Hall–Kier alpha value is -3.31. The minimum Gasteiger partial charge on any atom is -0.493 e. The summed E-state index contributed by atoms with van der Waals surface area (Å²) in [6, 6.07) is 7.07. The van der Waals surface area contributed by atoms with Gasteiger partial charge >= 0.3 is 0 Å². The molecule has 0 unspecified atom stereocenters. The lowest BCUT2D eigenvalue weighted by Gasteiger charge is -2.11. The van der Waals surface area contributed by atoms with E-state index in [1.807, 2.05) is 13.0 Å². The molecule has 0 aliphatic heterocycles. The molecule has 1 aliphatic rings. The van der Waals surface area contributed by atoms with Gasteiger partial charge < -0.3 is 20.5 Å². The number of thiophene rings is 1. The fourth-order valence-electron chi connectivity index (χ4n) is 3.45. The minimum atomic E-state index is -0.591. The van der Waals surface area contributed by atoms with E-state index in [1.165, 1.54) is 24.5 Å². The monoisotopic (exact) mass is 425 g/mol. The van der Waals surface area contributed by atoms with Gasteiger partial charge in [0, 0.05) is 4.88 Å². The number of benzene rings is 1. The molecule has 0 fully saturated rings. The Morgan fingerprint density at radius 3 is 2.73 bits per heavy atom. The van der Waals surface area contributed by atoms with Crippen molar-refractivity contribution in [3.05, 3.63) is 45.3 Å².